The molecular weight excluding hydrogens is 282 g/mol. The van der Waals surface area contributed by atoms with Crippen molar-refractivity contribution >= 4 is 23.5 Å². The van der Waals surface area contributed by atoms with Crippen molar-refractivity contribution in [3.63, 3.8) is 0 Å². The molecule has 7 heteroatoms. The Morgan fingerprint density at radius 1 is 1.10 bits per heavy atom. The van der Waals surface area contributed by atoms with Crippen LogP contribution in [0.15, 0.2) is 36.7 Å². The zero-order valence-corrected chi connectivity index (χ0v) is 11.0. The van der Waals surface area contributed by atoms with Crippen molar-refractivity contribution in [2.24, 2.45) is 0 Å². The highest BCUT2D eigenvalue weighted by atomic mass is 35.5. The summed E-state index contributed by atoms with van der Waals surface area (Å²) in [4.78, 5) is 30.1. The summed E-state index contributed by atoms with van der Waals surface area (Å²) < 4.78 is 0. The van der Waals surface area contributed by atoms with E-state index in [1.807, 2.05) is 0 Å². The van der Waals surface area contributed by atoms with E-state index in [4.69, 9.17) is 16.7 Å². The maximum absolute atomic E-state index is 11.8. The molecule has 0 saturated carbocycles. The van der Waals surface area contributed by atoms with Gasteiger partial charge in [0.1, 0.15) is 11.4 Å². The Morgan fingerprint density at radius 2 is 1.80 bits per heavy atom. The highest BCUT2D eigenvalue weighted by Gasteiger charge is 2.07. The van der Waals surface area contributed by atoms with E-state index in [0.29, 0.717) is 10.6 Å². The number of hydrogen-bond donors (Lipinski definition) is 2. The fraction of sp³-hybridized carbons (Fsp3) is 0.0769. The maximum Gasteiger partial charge on any atom is 0.354 e. The van der Waals surface area contributed by atoms with E-state index in [9.17, 15) is 9.59 Å². The molecule has 6 nitrogen and oxygen atoms in total. The van der Waals surface area contributed by atoms with Gasteiger partial charge in [0.2, 0.25) is 0 Å². The van der Waals surface area contributed by atoms with Gasteiger partial charge < -0.3 is 10.4 Å². The number of nitrogens with one attached hydrogen (secondary N) is 1. The minimum atomic E-state index is -1.09. The van der Waals surface area contributed by atoms with E-state index < -0.39 is 5.97 Å². The number of aromatic carboxylic acids is 1. The first-order valence-electron chi connectivity index (χ1n) is 5.64. The number of carbonyl (C=O) groups is 2. The van der Waals surface area contributed by atoms with Gasteiger partial charge in [-0.15, -0.1) is 0 Å². The SMILES string of the molecule is O=C(O)c1ccc(CNC(=O)c2ccc(Cl)cn2)cn1. The minimum Gasteiger partial charge on any atom is -0.477 e. The molecule has 0 aromatic carbocycles. The van der Waals surface area contributed by atoms with Crippen molar-refractivity contribution in [2.75, 3.05) is 0 Å². The first-order valence-corrected chi connectivity index (χ1v) is 6.02. The summed E-state index contributed by atoms with van der Waals surface area (Å²) in [5, 5.41) is 11.8. The maximum atomic E-state index is 11.8. The smallest absolute Gasteiger partial charge is 0.354 e. The quantitative estimate of drug-likeness (QED) is 0.895. The van der Waals surface area contributed by atoms with E-state index in [2.05, 4.69) is 15.3 Å². The van der Waals surface area contributed by atoms with E-state index in [-0.39, 0.29) is 23.8 Å². The number of carboxylic acids is 1. The fourth-order valence-corrected chi connectivity index (χ4v) is 1.55. The molecule has 2 N–H and O–H groups in total. The molecule has 1 amide bonds. The van der Waals surface area contributed by atoms with Gasteiger partial charge in [0.25, 0.3) is 5.91 Å². The second-order valence-electron chi connectivity index (χ2n) is 3.90. The predicted molar refractivity (Wildman–Crippen MR) is 71.6 cm³/mol. The number of hydrogen-bond acceptors (Lipinski definition) is 4. The molecule has 0 aliphatic heterocycles. The third kappa shape index (κ3) is 3.52. The molecule has 0 aliphatic carbocycles. The van der Waals surface area contributed by atoms with Crippen molar-refractivity contribution in [3.05, 3.63) is 58.6 Å². The molecule has 0 bridgehead atoms. The highest BCUT2D eigenvalue weighted by molar-refractivity contribution is 6.30. The molecule has 0 radical (unpaired) electrons. The molecule has 0 spiro atoms. The largest absolute Gasteiger partial charge is 0.477 e. The number of aromatic nitrogens is 2. The standard InChI is InChI=1S/C13H10ClN3O3/c14-9-2-4-10(16-7-9)12(18)17-6-8-1-3-11(13(19)20)15-5-8/h1-5,7H,6H2,(H,17,18)(H,19,20). The van der Waals surface area contributed by atoms with Gasteiger partial charge >= 0.3 is 5.97 Å². The first kappa shape index (κ1) is 14.0. The molecule has 102 valence electrons. The lowest BCUT2D eigenvalue weighted by molar-refractivity contribution is 0.0690. The molecule has 0 atom stereocenters. The third-order valence-electron chi connectivity index (χ3n) is 2.46. The van der Waals surface area contributed by atoms with Crippen LogP contribution in [0, 0.1) is 0 Å². The minimum absolute atomic E-state index is 0.0422. The Labute approximate surface area is 119 Å². The van der Waals surface area contributed by atoms with Crippen molar-refractivity contribution in [1.82, 2.24) is 15.3 Å². The number of halogens is 1. The normalized spacial score (nSPS) is 10.1. The van der Waals surface area contributed by atoms with Crippen molar-refractivity contribution in [1.29, 1.82) is 0 Å². The zero-order valence-electron chi connectivity index (χ0n) is 10.2. The number of carbonyl (C=O) groups excluding carboxylic acids is 1. The number of amides is 1. The Kier molecular flexibility index (Phi) is 4.27. The summed E-state index contributed by atoms with van der Waals surface area (Å²) >= 11 is 5.68. The van der Waals surface area contributed by atoms with E-state index in [1.54, 1.807) is 12.1 Å². The van der Waals surface area contributed by atoms with Gasteiger partial charge in [0.15, 0.2) is 0 Å². The van der Waals surface area contributed by atoms with E-state index in [0.717, 1.165) is 0 Å². The topological polar surface area (TPSA) is 92.2 Å². The van der Waals surface area contributed by atoms with Gasteiger partial charge in [-0.3, -0.25) is 4.79 Å². The van der Waals surface area contributed by atoms with Crippen LogP contribution in [0.3, 0.4) is 0 Å². The average molecular weight is 292 g/mol. The Hall–Kier alpha value is -2.47. The van der Waals surface area contributed by atoms with Gasteiger partial charge in [-0.25, -0.2) is 14.8 Å². The van der Waals surface area contributed by atoms with Crippen LogP contribution in [-0.2, 0) is 6.54 Å². The van der Waals surface area contributed by atoms with Crippen LogP contribution in [0.2, 0.25) is 5.02 Å². The Morgan fingerprint density at radius 3 is 2.35 bits per heavy atom. The third-order valence-corrected chi connectivity index (χ3v) is 2.68. The molecule has 2 rings (SSSR count). The van der Waals surface area contributed by atoms with Gasteiger partial charge in [0.05, 0.1) is 5.02 Å². The number of pyridine rings is 2. The summed E-state index contributed by atoms with van der Waals surface area (Å²) in [5.41, 5.74) is 0.904. The summed E-state index contributed by atoms with van der Waals surface area (Å²) in [7, 11) is 0. The van der Waals surface area contributed by atoms with Crippen molar-refractivity contribution in [3.8, 4) is 0 Å². The van der Waals surface area contributed by atoms with Crippen LogP contribution in [0.1, 0.15) is 26.5 Å². The number of nitrogens with zero attached hydrogens (tertiary/aromatic N) is 2. The van der Waals surface area contributed by atoms with Gasteiger partial charge in [0, 0.05) is 18.9 Å². The number of rotatable bonds is 4. The van der Waals surface area contributed by atoms with Gasteiger partial charge in [-0.05, 0) is 23.8 Å². The lowest BCUT2D eigenvalue weighted by Crippen LogP contribution is -2.23. The van der Waals surface area contributed by atoms with Gasteiger partial charge in [-0.1, -0.05) is 17.7 Å². The lowest BCUT2D eigenvalue weighted by atomic mass is 10.2. The zero-order chi connectivity index (χ0) is 14.5. The van der Waals surface area contributed by atoms with Crippen LogP contribution < -0.4 is 5.32 Å². The molecule has 0 saturated heterocycles. The lowest BCUT2D eigenvalue weighted by Gasteiger charge is -2.05. The van der Waals surface area contributed by atoms with Crippen LogP contribution in [-0.4, -0.2) is 27.0 Å². The van der Waals surface area contributed by atoms with Crippen molar-refractivity contribution < 1.29 is 14.7 Å². The molecule has 0 fully saturated rings. The molecule has 2 aromatic heterocycles. The first-order chi connectivity index (χ1) is 9.56. The summed E-state index contributed by atoms with van der Waals surface area (Å²) in [6, 6.07) is 6.06. The molecule has 20 heavy (non-hydrogen) atoms. The van der Waals surface area contributed by atoms with Crippen LogP contribution >= 0.6 is 11.6 Å². The Balaban J connectivity index is 1.96. The molecule has 0 aliphatic rings. The van der Waals surface area contributed by atoms with Crippen molar-refractivity contribution in [2.45, 2.75) is 6.54 Å². The fourth-order valence-electron chi connectivity index (χ4n) is 1.44. The van der Waals surface area contributed by atoms with Gasteiger partial charge in [-0.2, -0.15) is 0 Å². The van der Waals surface area contributed by atoms with Crippen LogP contribution in [0.5, 0.6) is 0 Å². The molecule has 2 heterocycles. The van der Waals surface area contributed by atoms with Crippen LogP contribution in [0.4, 0.5) is 0 Å². The van der Waals surface area contributed by atoms with E-state index in [1.165, 1.54) is 24.5 Å². The van der Waals surface area contributed by atoms with Crippen LogP contribution in [0.25, 0.3) is 0 Å². The highest BCUT2D eigenvalue weighted by Crippen LogP contribution is 2.06. The average Bonchev–Trinajstić information content (AvgIpc) is 2.46. The monoisotopic (exact) mass is 291 g/mol. The van der Waals surface area contributed by atoms with E-state index >= 15 is 0 Å². The molecule has 2 aromatic rings. The number of carboxylic acid groups (broad SMARTS) is 1. The molecular formula is C13H10ClN3O3. The second kappa shape index (κ2) is 6.12. The Bertz CT molecular complexity index is 626. The summed E-state index contributed by atoms with van der Waals surface area (Å²) in [6.07, 6.45) is 2.79. The second-order valence-corrected chi connectivity index (χ2v) is 4.34. The summed E-state index contributed by atoms with van der Waals surface area (Å²) in [5.74, 6) is -1.44. The summed E-state index contributed by atoms with van der Waals surface area (Å²) in [6.45, 7) is 0.232. The molecule has 0 unspecified atom stereocenters. The predicted octanol–water partition coefficient (Wildman–Crippen LogP) is 1.76.